The maximum Gasteiger partial charge on any atom is 0.310 e. The number of aliphatic carboxylic acids is 1. The molecule has 4 saturated carbocycles. The van der Waals surface area contributed by atoms with Crippen molar-refractivity contribution >= 4 is 5.97 Å². The number of hydrogen-bond donors (Lipinski definition) is 12. The number of allylic oxidation sites excluding steroid dienone is 2. The van der Waals surface area contributed by atoms with Gasteiger partial charge in [0.25, 0.3) is 0 Å². The van der Waals surface area contributed by atoms with Crippen LogP contribution in [0.4, 0.5) is 0 Å². The van der Waals surface area contributed by atoms with Gasteiger partial charge in [0.1, 0.15) is 85.5 Å². The smallest absolute Gasteiger partial charge is 0.310 e. The van der Waals surface area contributed by atoms with E-state index < -0.39 is 153 Å². The van der Waals surface area contributed by atoms with Gasteiger partial charge < -0.3 is 99.2 Å². The van der Waals surface area contributed by atoms with Gasteiger partial charge in [0, 0.05) is 0 Å². The highest BCUT2D eigenvalue weighted by Crippen LogP contribution is 2.76. The summed E-state index contributed by atoms with van der Waals surface area (Å²) in [5.41, 5.74) is -0.0216. The number of ether oxygens (including phenoxy) is 8. The van der Waals surface area contributed by atoms with Crippen LogP contribution in [-0.4, -0.2) is 210 Å². The van der Waals surface area contributed by atoms with Gasteiger partial charge in [0.15, 0.2) is 25.2 Å². The fourth-order valence-electron chi connectivity index (χ4n) is 16.3. The zero-order valence-electron chi connectivity index (χ0n) is 44.1. The summed E-state index contributed by atoms with van der Waals surface area (Å²) in [6.45, 7) is 15.9. The molecule has 424 valence electrons. The van der Waals surface area contributed by atoms with E-state index in [1.54, 1.807) is 0 Å². The summed E-state index contributed by atoms with van der Waals surface area (Å²) >= 11 is 0. The Kier molecular flexibility index (Phi) is 15.8. The highest BCUT2D eigenvalue weighted by atomic mass is 16.8. The number of carboxylic acid groups (broad SMARTS) is 1. The molecule has 8 fully saturated rings. The van der Waals surface area contributed by atoms with E-state index >= 15 is 0 Å². The van der Waals surface area contributed by atoms with Gasteiger partial charge in [-0.05, 0) is 116 Å². The van der Waals surface area contributed by atoms with E-state index in [0.29, 0.717) is 25.2 Å². The average molecular weight is 1060 g/mol. The van der Waals surface area contributed by atoms with E-state index in [-0.39, 0.29) is 40.1 Å². The largest absolute Gasteiger partial charge is 0.481 e. The van der Waals surface area contributed by atoms with E-state index in [9.17, 15) is 66.1 Å². The van der Waals surface area contributed by atoms with Crippen LogP contribution in [0.15, 0.2) is 11.6 Å². The van der Waals surface area contributed by atoms with Crippen LogP contribution in [0.2, 0.25) is 0 Å². The summed E-state index contributed by atoms with van der Waals surface area (Å²) < 4.78 is 48.0. The van der Waals surface area contributed by atoms with Crippen LogP contribution < -0.4 is 0 Å². The zero-order valence-corrected chi connectivity index (χ0v) is 44.1. The molecule has 21 nitrogen and oxygen atoms in total. The van der Waals surface area contributed by atoms with Gasteiger partial charge in [-0.25, -0.2) is 0 Å². The first-order valence-electron chi connectivity index (χ1n) is 27.1. The van der Waals surface area contributed by atoms with Crippen LogP contribution in [0.3, 0.4) is 0 Å². The van der Waals surface area contributed by atoms with Gasteiger partial charge in [0.2, 0.25) is 0 Å². The Balaban J connectivity index is 0.887. The van der Waals surface area contributed by atoms with Crippen LogP contribution in [0.25, 0.3) is 0 Å². The van der Waals surface area contributed by atoms with Crippen molar-refractivity contribution < 1.29 is 104 Å². The van der Waals surface area contributed by atoms with Gasteiger partial charge in [0.05, 0.1) is 37.4 Å². The lowest BCUT2D eigenvalue weighted by Crippen LogP contribution is -2.67. The standard InChI is InChI=1S/C53H86O21/c1-23-32(57)41(73-44-38(63)36(61)40(28(21-55)70-44)72-43-37(62)35(60)34(59)27(20-54)69-43)39(64)45(68-23)74-42-33(58)26(56)22-67-46(42)71-31-12-13-50(6)29(49(31,4)5)11-14-52(8)30(50)10-9-24-25-19-48(2,3)15-17-53(25,47(65)66)18-16-51(24,52)7/h9,23,25-46,54-64H,10-22H2,1-8H3,(H,65,66)/t23-,25-,26-,27+,28+,29-,30+,31-,32-,33-,34+,35-,36+,37+,38+,39+,40+,41+,42+,43-,44-,45-,46-,50-,51+,52+,53-/m0/s1. The number of aliphatic hydroxyl groups excluding tert-OH is 11. The highest BCUT2D eigenvalue weighted by Gasteiger charge is 2.70. The number of aliphatic hydroxyl groups is 11. The predicted molar refractivity (Wildman–Crippen MR) is 256 cm³/mol. The maximum absolute atomic E-state index is 13.2. The van der Waals surface area contributed by atoms with E-state index in [2.05, 4.69) is 54.5 Å². The third kappa shape index (κ3) is 9.17. The first kappa shape index (κ1) is 57.1. The summed E-state index contributed by atoms with van der Waals surface area (Å²) in [5.74, 6) is -0.101. The van der Waals surface area contributed by atoms with Gasteiger partial charge in [-0.3, -0.25) is 4.79 Å². The molecule has 0 bridgehead atoms. The maximum atomic E-state index is 13.2. The van der Waals surface area contributed by atoms with E-state index in [1.165, 1.54) is 12.5 Å². The molecule has 4 heterocycles. The third-order valence-corrected chi connectivity index (χ3v) is 21.1. The normalized spacial score (nSPS) is 54.1. The number of rotatable bonds is 11. The fourth-order valence-corrected chi connectivity index (χ4v) is 16.3. The van der Waals surface area contributed by atoms with Crippen molar-refractivity contribution in [3.8, 4) is 0 Å². The number of carbonyl (C=O) groups is 1. The molecule has 0 aromatic heterocycles. The molecular formula is C53H86O21. The Morgan fingerprint density at radius 1 is 0.608 bits per heavy atom. The molecule has 0 aromatic rings. The zero-order chi connectivity index (χ0) is 54.0. The molecule has 9 rings (SSSR count). The van der Waals surface area contributed by atoms with E-state index in [1.807, 2.05) is 0 Å². The molecule has 0 unspecified atom stereocenters. The Labute approximate surface area is 433 Å². The predicted octanol–water partition coefficient (Wildman–Crippen LogP) is 0.197. The van der Waals surface area contributed by atoms with Gasteiger partial charge in [-0.1, -0.05) is 60.1 Å². The minimum atomic E-state index is -1.99. The molecule has 27 atom stereocenters. The van der Waals surface area contributed by atoms with Crippen molar-refractivity contribution in [2.45, 2.75) is 242 Å². The second kappa shape index (κ2) is 20.5. The quantitative estimate of drug-likeness (QED) is 0.0971. The lowest BCUT2D eigenvalue weighted by Gasteiger charge is -2.71. The molecule has 74 heavy (non-hydrogen) atoms. The Morgan fingerprint density at radius 2 is 1.22 bits per heavy atom. The minimum absolute atomic E-state index is 0.0112. The lowest BCUT2D eigenvalue weighted by molar-refractivity contribution is -0.390. The van der Waals surface area contributed by atoms with Crippen LogP contribution in [-0.2, 0) is 42.7 Å². The van der Waals surface area contributed by atoms with Crippen LogP contribution >= 0.6 is 0 Å². The van der Waals surface area contributed by atoms with Crippen molar-refractivity contribution in [2.75, 3.05) is 19.8 Å². The van der Waals surface area contributed by atoms with Gasteiger partial charge in [-0.15, -0.1) is 0 Å². The first-order valence-corrected chi connectivity index (χ1v) is 27.1. The first-order chi connectivity index (χ1) is 34.6. The summed E-state index contributed by atoms with van der Waals surface area (Å²) in [6, 6.07) is 0. The van der Waals surface area contributed by atoms with Crippen molar-refractivity contribution in [3.63, 3.8) is 0 Å². The molecular weight excluding hydrogens is 973 g/mol. The topological polar surface area (TPSA) is 334 Å². The summed E-state index contributed by atoms with van der Waals surface area (Å²) in [6.07, 6.45) is -20.7. The lowest BCUT2D eigenvalue weighted by atomic mass is 9.33. The molecule has 4 saturated heterocycles. The highest BCUT2D eigenvalue weighted by molar-refractivity contribution is 5.76. The number of carboxylic acids is 1. The summed E-state index contributed by atoms with van der Waals surface area (Å²) in [7, 11) is 0. The van der Waals surface area contributed by atoms with Crippen LogP contribution in [0.5, 0.6) is 0 Å². The van der Waals surface area contributed by atoms with E-state index in [0.717, 1.165) is 44.9 Å². The molecule has 0 radical (unpaired) electrons. The summed E-state index contributed by atoms with van der Waals surface area (Å²) in [4.78, 5) is 13.2. The van der Waals surface area contributed by atoms with Crippen molar-refractivity contribution in [1.82, 2.24) is 0 Å². The van der Waals surface area contributed by atoms with Crippen molar-refractivity contribution in [2.24, 2.45) is 50.2 Å². The number of hydrogen-bond acceptors (Lipinski definition) is 20. The minimum Gasteiger partial charge on any atom is -0.481 e. The third-order valence-electron chi connectivity index (χ3n) is 21.1. The number of fused-ring (bicyclic) bond motifs is 7. The monoisotopic (exact) mass is 1060 g/mol. The fraction of sp³-hybridized carbons (Fsp3) is 0.943. The van der Waals surface area contributed by atoms with Crippen molar-refractivity contribution in [1.29, 1.82) is 0 Å². The Bertz CT molecular complexity index is 2040. The molecule has 0 aromatic carbocycles. The molecule has 21 heteroatoms. The molecule has 4 aliphatic heterocycles. The average Bonchev–Trinajstić information content (AvgIpc) is 3.34. The summed E-state index contributed by atoms with van der Waals surface area (Å²) in [5, 5.41) is 130. The molecule has 12 N–H and O–H groups in total. The SMILES string of the molecule is C[C@@H]1O[C@@H](O[C@H]2[C@H](O[C@H]3CC[C@]4(C)[C@H]5CC=C6[C@@H]7CC(C)(C)CC[C@]7(C(=O)O)CC[C@@]6(C)[C@]5(C)CC[C@H]4C3(C)C)OC[C@H](O)[C@@H]2O)[C@H](O)[C@H](O[C@@H]2O[C@H](CO)[C@@H](O[C@@H]3O[C@H](CO)[C@@H](O)[C@H](O)[C@H]3O)[C@H](O)[C@H]2O)[C@H]1O. The molecule has 0 amide bonds. The molecule has 9 aliphatic rings. The van der Waals surface area contributed by atoms with Crippen molar-refractivity contribution in [3.05, 3.63) is 11.6 Å². The molecule has 5 aliphatic carbocycles. The van der Waals surface area contributed by atoms with Crippen LogP contribution in [0.1, 0.15) is 120 Å². The second-order valence-corrected chi connectivity index (χ2v) is 25.8. The van der Waals surface area contributed by atoms with Gasteiger partial charge in [-0.2, -0.15) is 0 Å². The van der Waals surface area contributed by atoms with Crippen LogP contribution in [0, 0.1) is 50.2 Å². The molecule has 0 spiro atoms. The second-order valence-electron chi connectivity index (χ2n) is 25.8. The Hall–Kier alpha value is -1.55. The Morgan fingerprint density at radius 3 is 1.88 bits per heavy atom. The van der Waals surface area contributed by atoms with E-state index in [4.69, 9.17) is 37.9 Å². The van der Waals surface area contributed by atoms with Gasteiger partial charge >= 0.3 is 5.97 Å².